The molecule has 2 heterocycles. The highest BCUT2D eigenvalue weighted by molar-refractivity contribution is 6.06. The number of hydrogen-bond acceptors (Lipinski definition) is 3. The van der Waals surface area contributed by atoms with Gasteiger partial charge in [-0.2, -0.15) is 0 Å². The lowest BCUT2D eigenvalue weighted by Gasteiger charge is -2.33. The number of hydrogen-bond donors (Lipinski definition) is 0. The van der Waals surface area contributed by atoms with Crippen LogP contribution in [0.15, 0.2) is 60.7 Å². The average molecular weight is 331 g/mol. The zero-order valence-electron chi connectivity index (χ0n) is 13.6. The minimum Gasteiger partial charge on any atom is -0.457 e. The van der Waals surface area contributed by atoms with E-state index in [4.69, 9.17) is 4.74 Å². The summed E-state index contributed by atoms with van der Waals surface area (Å²) in [6.45, 7) is 0. The Kier molecular flexibility index (Phi) is 3.07. The van der Waals surface area contributed by atoms with Gasteiger partial charge in [-0.05, 0) is 25.0 Å². The van der Waals surface area contributed by atoms with Crippen LogP contribution in [-0.4, -0.2) is 16.7 Å². The van der Waals surface area contributed by atoms with Gasteiger partial charge >= 0.3 is 0 Å². The minimum atomic E-state index is -0.410. The van der Waals surface area contributed by atoms with Crippen LogP contribution in [0.4, 0.5) is 0 Å². The average Bonchev–Trinajstić information content (AvgIpc) is 2.91. The van der Waals surface area contributed by atoms with Crippen molar-refractivity contribution in [3.63, 3.8) is 0 Å². The first-order chi connectivity index (χ1) is 12.3. The number of para-hydroxylation sites is 2. The second kappa shape index (κ2) is 5.31. The van der Waals surface area contributed by atoms with Crippen LogP contribution in [0, 0.1) is 11.8 Å². The van der Waals surface area contributed by atoms with E-state index >= 15 is 0 Å². The summed E-state index contributed by atoms with van der Waals surface area (Å²) in [5.41, 5.74) is 1.74. The van der Waals surface area contributed by atoms with E-state index in [1.807, 2.05) is 60.7 Å². The maximum atomic E-state index is 13.1. The van der Waals surface area contributed by atoms with Gasteiger partial charge in [0.05, 0.1) is 17.9 Å². The molecule has 5 rings (SSSR count). The Balaban J connectivity index is 1.67. The molecule has 0 spiro atoms. The van der Waals surface area contributed by atoms with Crippen molar-refractivity contribution < 1.29 is 14.3 Å². The van der Waals surface area contributed by atoms with E-state index < -0.39 is 6.04 Å². The molecular weight excluding hydrogens is 314 g/mol. The number of fused-ring (bicyclic) bond motifs is 3. The third-order valence-electron chi connectivity index (χ3n) is 5.45. The van der Waals surface area contributed by atoms with E-state index in [-0.39, 0.29) is 23.7 Å². The number of amides is 2. The molecule has 0 N–H and O–H groups in total. The normalized spacial score (nSPS) is 24.6. The summed E-state index contributed by atoms with van der Waals surface area (Å²) in [5, 5.41) is 0. The molecule has 2 aromatic rings. The molecule has 0 saturated carbocycles. The van der Waals surface area contributed by atoms with Crippen LogP contribution < -0.4 is 4.74 Å². The molecule has 0 aromatic heterocycles. The molecular formula is C21H17NO3. The molecule has 124 valence electrons. The number of nitrogens with zero attached hydrogens (tertiary/aromatic N) is 1. The summed E-state index contributed by atoms with van der Waals surface area (Å²) in [7, 11) is 0. The molecule has 0 radical (unpaired) electrons. The Hall–Kier alpha value is -2.88. The standard InChI is InChI=1S/C21H17NO3/c23-20-13-7-1-2-8-14(13)21(24)22(20)19-15-9-3-5-11-17(15)25-18-12-6-4-10-16(18)19/h1-6,9-14,19H,7-8H2. The number of carbonyl (C=O) groups excluding carboxylic acids is 2. The zero-order valence-corrected chi connectivity index (χ0v) is 13.6. The molecule has 2 atom stereocenters. The van der Waals surface area contributed by atoms with Gasteiger partial charge in [-0.15, -0.1) is 0 Å². The monoisotopic (exact) mass is 331 g/mol. The molecule has 3 aliphatic rings. The summed E-state index contributed by atoms with van der Waals surface area (Å²) in [6.07, 6.45) is 5.33. The highest BCUT2D eigenvalue weighted by Gasteiger charge is 2.51. The van der Waals surface area contributed by atoms with E-state index in [9.17, 15) is 9.59 Å². The minimum absolute atomic E-state index is 0.0594. The van der Waals surface area contributed by atoms with Crippen LogP contribution in [-0.2, 0) is 9.59 Å². The first-order valence-electron chi connectivity index (χ1n) is 8.63. The van der Waals surface area contributed by atoms with Gasteiger partial charge in [0.1, 0.15) is 11.5 Å². The molecule has 2 amide bonds. The van der Waals surface area contributed by atoms with E-state index in [1.54, 1.807) is 0 Å². The fourth-order valence-corrected chi connectivity index (χ4v) is 4.24. The molecule has 4 heteroatoms. The maximum absolute atomic E-state index is 13.1. The second-order valence-electron chi connectivity index (χ2n) is 6.78. The summed E-state index contributed by atoms with van der Waals surface area (Å²) in [4.78, 5) is 27.7. The van der Waals surface area contributed by atoms with Crippen molar-refractivity contribution in [1.29, 1.82) is 0 Å². The Morgan fingerprint density at radius 3 is 1.76 bits per heavy atom. The Morgan fingerprint density at radius 1 is 0.760 bits per heavy atom. The molecule has 25 heavy (non-hydrogen) atoms. The number of imide groups is 1. The molecule has 1 saturated heterocycles. The number of allylic oxidation sites excluding steroid dienone is 2. The Labute approximate surface area is 145 Å². The molecule has 1 aliphatic carbocycles. The van der Waals surface area contributed by atoms with Gasteiger partial charge in [-0.25, -0.2) is 0 Å². The van der Waals surface area contributed by atoms with Crippen molar-refractivity contribution in [2.24, 2.45) is 11.8 Å². The smallest absolute Gasteiger partial charge is 0.234 e. The number of benzene rings is 2. The van der Waals surface area contributed by atoms with Crippen molar-refractivity contribution in [3.8, 4) is 11.5 Å². The van der Waals surface area contributed by atoms with E-state index in [0.717, 1.165) is 11.1 Å². The predicted molar refractivity (Wildman–Crippen MR) is 92.0 cm³/mol. The SMILES string of the molecule is O=C1C2CC=CCC2C(=O)N1C1c2ccccc2Oc2ccccc21. The summed E-state index contributed by atoms with van der Waals surface area (Å²) < 4.78 is 5.99. The number of ether oxygens (including phenoxy) is 1. The van der Waals surface area contributed by atoms with Crippen molar-refractivity contribution in [3.05, 3.63) is 71.8 Å². The van der Waals surface area contributed by atoms with Crippen LogP contribution >= 0.6 is 0 Å². The summed E-state index contributed by atoms with van der Waals surface area (Å²) in [5.74, 6) is 0.852. The van der Waals surface area contributed by atoms with Gasteiger partial charge in [0.2, 0.25) is 11.8 Å². The van der Waals surface area contributed by atoms with Crippen LogP contribution in [0.5, 0.6) is 11.5 Å². The Morgan fingerprint density at radius 2 is 1.24 bits per heavy atom. The third kappa shape index (κ3) is 2.00. The zero-order chi connectivity index (χ0) is 17.0. The van der Waals surface area contributed by atoms with Crippen LogP contribution in [0.2, 0.25) is 0 Å². The summed E-state index contributed by atoms with van der Waals surface area (Å²) >= 11 is 0. The quantitative estimate of drug-likeness (QED) is 0.589. The van der Waals surface area contributed by atoms with E-state index in [1.165, 1.54) is 4.90 Å². The lowest BCUT2D eigenvalue weighted by molar-refractivity contribution is -0.142. The molecule has 2 unspecified atom stereocenters. The van der Waals surface area contributed by atoms with Gasteiger partial charge < -0.3 is 4.74 Å². The maximum Gasteiger partial charge on any atom is 0.234 e. The second-order valence-corrected chi connectivity index (χ2v) is 6.78. The van der Waals surface area contributed by atoms with Crippen molar-refractivity contribution in [2.75, 3.05) is 0 Å². The number of carbonyl (C=O) groups is 2. The van der Waals surface area contributed by atoms with Crippen molar-refractivity contribution >= 4 is 11.8 Å². The molecule has 0 bridgehead atoms. The first-order valence-corrected chi connectivity index (χ1v) is 8.63. The Bertz CT molecular complexity index is 845. The third-order valence-corrected chi connectivity index (χ3v) is 5.45. The fraction of sp³-hybridized carbons (Fsp3) is 0.238. The van der Waals surface area contributed by atoms with Crippen LogP contribution in [0.1, 0.15) is 30.0 Å². The molecule has 4 nitrogen and oxygen atoms in total. The molecule has 1 fully saturated rings. The molecule has 2 aliphatic heterocycles. The summed E-state index contributed by atoms with van der Waals surface area (Å²) in [6, 6.07) is 14.9. The van der Waals surface area contributed by atoms with Gasteiger partial charge in [0.25, 0.3) is 0 Å². The highest BCUT2D eigenvalue weighted by atomic mass is 16.5. The lowest BCUT2D eigenvalue weighted by Crippen LogP contribution is -2.37. The van der Waals surface area contributed by atoms with Gasteiger partial charge in [-0.3, -0.25) is 14.5 Å². The lowest BCUT2D eigenvalue weighted by atomic mass is 9.85. The first kappa shape index (κ1) is 14.5. The highest BCUT2D eigenvalue weighted by Crippen LogP contribution is 2.49. The number of likely N-dealkylation sites (tertiary alicyclic amines) is 1. The van der Waals surface area contributed by atoms with E-state index in [0.29, 0.717) is 24.3 Å². The molecule has 2 aromatic carbocycles. The van der Waals surface area contributed by atoms with Crippen molar-refractivity contribution in [1.82, 2.24) is 4.90 Å². The largest absolute Gasteiger partial charge is 0.457 e. The van der Waals surface area contributed by atoms with Gasteiger partial charge in [0.15, 0.2) is 0 Å². The predicted octanol–water partition coefficient (Wildman–Crippen LogP) is 3.83. The van der Waals surface area contributed by atoms with Crippen molar-refractivity contribution in [2.45, 2.75) is 18.9 Å². The number of rotatable bonds is 1. The van der Waals surface area contributed by atoms with Gasteiger partial charge in [-0.1, -0.05) is 48.6 Å². The van der Waals surface area contributed by atoms with Crippen LogP contribution in [0.3, 0.4) is 0 Å². The topological polar surface area (TPSA) is 46.6 Å². The van der Waals surface area contributed by atoms with Gasteiger partial charge in [0, 0.05) is 11.1 Å². The fourth-order valence-electron chi connectivity index (χ4n) is 4.24. The van der Waals surface area contributed by atoms with E-state index in [2.05, 4.69) is 0 Å². The van der Waals surface area contributed by atoms with Crippen LogP contribution in [0.25, 0.3) is 0 Å².